The van der Waals surface area contributed by atoms with E-state index in [0.29, 0.717) is 24.7 Å². The Morgan fingerprint density at radius 2 is 2.00 bits per heavy atom. The van der Waals surface area contributed by atoms with Gasteiger partial charge in [-0.25, -0.2) is 4.79 Å². The van der Waals surface area contributed by atoms with Gasteiger partial charge >= 0.3 is 5.97 Å². The van der Waals surface area contributed by atoms with E-state index < -0.39 is 18.0 Å². The zero-order valence-corrected chi connectivity index (χ0v) is 13.3. The van der Waals surface area contributed by atoms with Gasteiger partial charge in [0.25, 0.3) is 5.91 Å². The number of hydrogen-bond acceptors (Lipinski definition) is 5. The second-order valence-electron chi connectivity index (χ2n) is 4.55. The average Bonchev–Trinajstić information content (AvgIpc) is 2.57. The van der Waals surface area contributed by atoms with Crippen LogP contribution in [0, 0.1) is 0 Å². The molecule has 6 heteroatoms. The Labute approximate surface area is 135 Å². The first-order valence-electron chi connectivity index (χ1n) is 7.04. The van der Waals surface area contributed by atoms with Gasteiger partial charge in [0.1, 0.15) is 6.61 Å². The summed E-state index contributed by atoms with van der Waals surface area (Å²) >= 11 is 0. The number of ether oxygens (including phenoxy) is 3. The molecule has 0 aromatic heterocycles. The minimum absolute atomic E-state index is 0.260. The summed E-state index contributed by atoms with van der Waals surface area (Å²) in [5.74, 6) is -0.137. The Morgan fingerprint density at radius 3 is 2.61 bits per heavy atom. The molecular formula is C17H21NO5. The molecule has 1 rings (SSSR count). The van der Waals surface area contributed by atoms with E-state index in [2.05, 4.69) is 18.5 Å². The van der Waals surface area contributed by atoms with Crippen molar-refractivity contribution in [2.45, 2.75) is 13.0 Å². The summed E-state index contributed by atoms with van der Waals surface area (Å²) in [5.41, 5.74) is 0.260. The van der Waals surface area contributed by atoms with E-state index in [4.69, 9.17) is 14.2 Å². The van der Waals surface area contributed by atoms with Crippen molar-refractivity contribution in [1.29, 1.82) is 0 Å². The van der Waals surface area contributed by atoms with E-state index in [0.717, 1.165) is 0 Å². The van der Waals surface area contributed by atoms with Crippen LogP contribution in [0.5, 0.6) is 11.5 Å². The Kier molecular flexibility index (Phi) is 7.39. The fourth-order valence-electron chi connectivity index (χ4n) is 1.66. The van der Waals surface area contributed by atoms with Crippen LogP contribution >= 0.6 is 0 Å². The van der Waals surface area contributed by atoms with Crippen LogP contribution in [0.2, 0.25) is 0 Å². The van der Waals surface area contributed by atoms with Crippen LogP contribution in [0.25, 0.3) is 0 Å². The van der Waals surface area contributed by atoms with Gasteiger partial charge in [0.05, 0.1) is 12.7 Å². The van der Waals surface area contributed by atoms with E-state index in [1.807, 2.05) is 0 Å². The van der Waals surface area contributed by atoms with Gasteiger partial charge < -0.3 is 19.5 Å². The molecule has 124 valence electrons. The average molecular weight is 319 g/mol. The molecule has 0 spiro atoms. The maximum Gasteiger partial charge on any atom is 0.339 e. The summed E-state index contributed by atoms with van der Waals surface area (Å²) in [5, 5.41) is 2.56. The van der Waals surface area contributed by atoms with Gasteiger partial charge in [-0.15, -0.1) is 6.58 Å². The highest BCUT2D eigenvalue weighted by Crippen LogP contribution is 2.28. The zero-order valence-electron chi connectivity index (χ0n) is 13.3. The molecule has 1 aromatic carbocycles. The van der Waals surface area contributed by atoms with Crippen LogP contribution in [-0.4, -0.2) is 38.2 Å². The lowest BCUT2D eigenvalue weighted by Gasteiger charge is -2.14. The van der Waals surface area contributed by atoms with Crippen LogP contribution < -0.4 is 14.8 Å². The number of benzene rings is 1. The van der Waals surface area contributed by atoms with Crippen molar-refractivity contribution in [1.82, 2.24) is 5.32 Å². The van der Waals surface area contributed by atoms with Crippen LogP contribution in [-0.2, 0) is 9.53 Å². The molecule has 1 atom stereocenters. The first-order chi connectivity index (χ1) is 11.0. The molecular weight excluding hydrogens is 298 g/mol. The second-order valence-corrected chi connectivity index (χ2v) is 4.55. The number of nitrogens with one attached hydrogen (secondary N) is 1. The smallest absolute Gasteiger partial charge is 0.339 e. The Morgan fingerprint density at radius 1 is 1.26 bits per heavy atom. The number of amides is 1. The summed E-state index contributed by atoms with van der Waals surface area (Å²) in [7, 11) is 1.47. The highest BCUT2D eigenvalue weighted by Gasteiger charge is 2.19. The maximum atomic E-state index is 12.1. The number of carbonyl (C=O) groups is 2. The Bertz CT molecular complexity index is 582. The summed E-state index contributed by atoms with van der Waals surface area (Å²) in [4.78, 5) is 23.8. The van der Waals surface area contributed by atoms with Crippen molar-refractivity contribution in [3.8, 4) is 11.5 Å². The molecule has 0 bridgehead atoms. The van der Waals surface area contributed by atoms with E-state index >= 15 is 0 Å². The molecule has 1 unspecified atom stereocenters. The molecule has 0 heterocycles. The monoisotopic (exact) mass is 319 g/mol. The lowest BCUT2D eigenvalue weighted by molar-refractivity contribution is -0.128. The Balaban J connectivity index is 2.77. The van der Waals surface area contributed by atoms with Crippen LogP contribution in [0.1, 0.15) is 17.3 Å². The van der Waals surface area contributed by atoms with Crippen LogP contribution in [0.4, 0.5) is 0 Å². The fraction of sp³-hybridized carbons (Fsp3) is 0.294. The zero-order chi connectivity index (χ0) is 17.2. The van der Waals surface area contributed by atoms with Gasteiger partial charge in [0.2, 0.25) is 0 Å². The largest absolute Gasteiger partial charge is 0.493 e. The molecule has 23 heavy (non-hydrogen) atoms. The van der Waals surface area contributed by atoms with Gasteiger partial charge in [-0.2, -0.15) is 0 Å². The van der Waals surface area contributed by atoms with Crippen molar-refractivity contribution < 1.29 is 23.8 Å². The van der Waals surface area contributed by atoms with E-state index in [1.165, 1.54) is 26.2 Å². The van der Waals surface area contributed by atoms with Crippen molar-refractivity contribution in [2.75, 3.05) is 20.3 Å². The molecule has 0 fully saturated rings. The molecule has 1 aromatic rings. The third-order valence-electron chi connectivity index (χ3n) is 2.83. The maximum absolute atomic E-state index is 12.1. The summed E-state index contributed by atoms with van der Waals surface area (Å²) in [6.07, 6.45) is 2.23. The number of carbonyl (C=O) groups excluding carboxylic acids is 2. The highest BCUT2D eigenvalue weighted by atomic mass is 16.5. The third kappa shape index (κ3) is 5.50. The van der Waals surface area contributed by atoms with Crippen molar-refractivity contribution in [2.24, 2.45) is 0 Å². The summed E-state index contributed by atoms with van der Waals surface area (Å²) in [6, 6.07) is 4.63. The number of methoxy groups -OCH3 is 1. The van der Waals surface area contributed by atoms with Gasteiger partial charge in [-0.3, -0.25) is 4.79 Å². The second kappa shape index (κ2) is 9.30. The molecule has 0 aliphatic heterocycles. The fourth-order valence-corrected chi connectivity index (χ4v) is 1.66. The standard InChI is InChI=1S/C17H21NO5/c1-5-9-18-16(19)12(3)23-17(20)13-7-8-14(22-10-6-2)15(11-13)21-4/h5-8,11-12H,1-2,9-10H2,3-4H3,(H,18,19). The Hall–Kier alpha value is -2.76. The summed E-state index contributed by atoms with van der Waals surface area (Å²) < 4.78 is 15.7. The first kappa shape index (κ1) is 18.3. The lowest BCUT2D eigenvalue weighted by Crippen LogP contribution is -2.35. The predicted molar refractivity (Wildman–Crippen MR) is 86.8 cm³/mol. The molecule has 0 aliphatic rings. The van der Waals surface area contributed by atoms with E-state index in [-0.39, 0.29) is 5.56 Å². The number of esters is 1. The lowest BCUT2D eigenvalue weighted by atomic mass is 10.2. The molecule has 0 aliphatic carbocycles. The van der Waals surface area contributed by atoms with Crippen LogP contribution in [0.15, 0.2) is 43.5 Å². The van der Waals surface area contributed by atoms with E-state index in [9.17, 15) is 9.59 Å². The van der Waals surface area contributed by atoms with Gasteiger partial charge in [0.15, 0.2) is 17.6 Å². The third-order valence-corrected chi connectivity index (χ3v) is 2.83. The topological polar surface area (TPSA) is 73.9 Å². The molecule has 0 saturated carbocycles. The number of rotatable bonds is 9. The van der Waals surface area contributed by atoms with Crippen molar-refractivity contribution in [3.05, 3.63) is 49.1 Å². The molecule has 1 N–H and O–H groups in total. The van der Waals surface area contributed by atoms with Gasteiger partial charge in [-0.1, -0.05) is 18.7 Å². The van der Waals surface area contributed by atoms with Gasteiger partial charge in [-0.05, 0) is 25.1 Å². The van der Waals surface area contributed by atoms with Crippen molar-refractivity contribution >= 4 is 11.9 Å². The minimum Gasteiger partial charge on any atom is -0.493 e. The normalized spacial score (nSPS) is 11.0. The SMILES string of the molecule is C=CCNC(=O)C(C)OC(=O)c1ccc(OCC=C)c(OC)c1. The minimum atomic E-state index is -0.912. The quantitative estimate of drug-likeness (QED) is 0.557. The molecule has 0 saturated heterocycles. The highest BCUT2D eigenvalue weighted by molar-refractivity contribution is 5.92. The summed E-state index contributed by atoms with van der Waals surface area (Å²) in [6.45, 7) is 9.18. The van der Waals surface area contributed by atoms with Crippen LogP contribution in [0.3, 0.4) is 0 Å². The predicted octanol–water partition coefficient (Wildman–Crippen LogP) is 2.11. The van der Waals surface area contributed by atoms with Crippen molar-refractivity contribution in [3.63, 3.8) is 0 Å². The van der Waals surface area contributed by atoms with Gasteiger partial charge in [0, 0.05) is 6.54 Å². The first-order valence-corrected chi connectivity index (χ1v) is 7.04. The number of hydrogen-bond donors (Lipinski definition) is 1. The van der Waals surface area contributed by atoms with E-state index in [1.54, 1.807) is 18.2 Å². The molecule has 0 radical (unpaired) electrons. The molecule has 1 amide bonds. The molecule has 6 nitrogen and oxygen atoms in total.